The molecule has 208 valence electrons. The van der Waals surface area contributed by atoms with Gasteiger partial charge in [0.2, 0.25) is 16.0 Å². The fourth-order valence-electron chi connectivity index (χ4n) is 4.49. The molecule has 1 aliphatic carbocycles. The zero-order valence-electron chi connectivity index (χ0n) is 21.1. The highest BCUT2D eigenvalue weighted by molar-refractivity contribution is 7.92. The van der Waals surface area contributed by atoms with E-state index in [-0.39, 0.29) is 21.6 Å². The Morgan fingerprint density at radius 2 is 1.73 bits per heavy atom. The molecule has 0 radical (unpaired) electrons. The molecule has 14 heteroatoms. The lowest BCUT2D eigenvalue weighted by Crippen LogP contribution is -2.22. The highest BCUT2D eigenvalue weighted by atomic mass is 35.5. The summed E-state index contributed by atoms with van der Waals surface area (Å²) in [4.78, 5) is 8.09. The molecule has 0 fully saturated rings. The molecule has 0 bridgehead atoms. The summed E-state index contributed by atoms with van der Waals surface area (Å²) < 4.78 is 82.6. The van der Waals surface area contributed by atoms with Crippen molar-refractivity contribution in [3.8, 4) is 22.4 Å². The van der Waals surface area contributed by atoms with Gasteiger partial charge in [-0.3, -0.25) is 4.72 Å². The monoisotopic (exact) mass is 605 g/mol. The molecule has 0 unspecified atom stereocenters. The van der Waals surface area contributed by atoms with Gasteiger partial charge in [-0.1, -0.05) is 23.7 Å². The number of aryl methyl sites for hydroxylation is 2. The van der Waals surface area contributed by atoms with Crippen LogP contribution in [0.25, 0.3) is 22.4 Å². The number of rotatable bonds is 6. The van der Waals surface area contributed by atoms with Gasteiger partial charge in [-0.2, -0.15) is 0 Å². The highest BCUT2D eigenvalue weighted by Gasteiger charge is 2.28. The highest BCUT2D eigenvalue weighted by Crippen LogP contribution is 2.43. The number of aromatic nitrogens is 2. The predicted octanol–water partition coefficient (Wildman–Crippen LogP) is 4.47. The van der Waals surface area contributed by atoms with Crippen LogP contribution in [-0.2, 0) is 32.9 Å². The topological polar surface area (TPSA) is 135 Å². The van der Waals surface area contributed by atoms with Crippen LogP contribution < -0.4 is 10.5 Å². The SMILES string of the molecule is CN(C)S(=O)(=O)c1cccc(-c2nc(N)nc3c2-c2cc(NS(=O)(=O)c4ccc(F)cc4F)c(Cl)cc2CC3)c1. The molecule has 1 aromatic heterocycles. The molecule has 3 aromatic carbocycles. The Balaban J connectivity index is 1.66. The number of nitrogens with one attached hydrogen (secondary N) is 1. The van der Waals surface area contributed by atoms with E-state index in [4.69, 9.17) is 17.3 Å². The minimum atomic E-state index is -4.49. The Kier molecular flexibility index (Phi) is 7.03. The Morgan fingerprint density at radius 1 is 0.975 bits per heavy atom. The molecule has 0 spiro atoms. The maximum absolute atomic E-state index is 14.3. The van der Waals surface area contributed by atoms with Crippen LogP contribution in [0.1, 0.15) is 11.3 Å². The number of anilines is 2. The lowest BCUT2D eigenvalue weighted by Gasteiger charge is -2.24. The van der Waals surface area contributed by atoms with E-state index in [2.05, 4.69) is 14.7 Å². The van der Waals surface area contributed by atoms with Crippen molar-refractivity contribution in [1.82, 2.24) is 14.3 Å². The van der Waals surface area contributed by atoms with Gasteiger partial charge < -0.3 is 5.73 Å². The Hall–Kier alpha value is -3.65. The molecule has 4 aromatic rings. The minimum absolute atomic E-state index is 0.0141. The van der Waals surface area contributed by atoms with Crippen molar-refractivity contribution in [2.45, 2.75) is 22.6 Å². The Labute approximate surface area is 234 Å². The lowest BCUT2D eigenvalue weighted by atomic mass is 9.86. The average Bonchev–Trinajstić information content (AvgIpc) is 2.88. The molecule has 1 heterocycles. The van der Waals surface area contributed by atoms with E-state index in [0.29, 0.717) is 47.0 Å². The van der Waals surface area contributed by atoms with Gasteiger partial charge in [-0.25, -0.2) is 39.9 Å². The molecular formula is C26H22ClF2N5O4S2. The maximum atomic E-state index is 14.3. The van der Waals surface area contributed by atoms with Gasteiger partial charge in [-0.05, 0) is 60.4 Å². The van der Waals surface area contributed by atoms with Gasteiger partial charge in [0.25, 0.3) is 10.0 Å². The summed E-state index contributed by atoms with van der Waals surface area (Å²) in [5.41, 5.74) is 9.17. The molecule has 0 amide bonds. The maximum Gasteiger partial charge on any atom is 0.264 e. The van der Waals surface area contributed by atoms with Crippen molar-refractivity contribution < 1.29 is 25.6 Å². The van der Waals surface area contributed by atoms with Crippen LogP contribution in [0.3, 0.4) is 0 Å². The second-order valence-electron chi connectivity index (χ2n) is 9.24. The van der Waals surface area contributed by atoms with Crippen molar-refractivity contribution in [3.63, 3.8) is 0 Å². The zero-order valence-corrected chi connectivity index (χ0v) is 23.5. The van der Waals surface area contributed by atoms with Crippen LogP contribution in [0.15, 0.2) is 64.4 Å². The summed E-state index contributed by atoms with van der Waals surface area (Å²) in [7, 11) is -5.39. The van der Waals surface area contributed by atoms with Crippen LogP contribution >= 0.6 is 11.6 Å². The molecular weight excluding hydrogens is 584 g/mol. The quantitative estimate of drug-likeness (QED) is 0.331. The van der Waals surface area contributed by atoms with E-state index >= 15 is 0 Å². The second-order valence-corrected chi connectivity index (χ2v) is 13.4. The van der Waals surface area contributed by atoms with E-state index in [9.17, 15) is 25.6 Å². The van der Waals surface area contributed by atoms with E-state index in [1.165, 1.54) is 32.3 Å². The molecule has 1 aliphatic rings. The van der Waals surface area contributed by atoms with Crippen molar-refractivity contribution >= 4 is 43.3 Å². The number of nitrogens with two attached hydrogens (primary N) is 1. The van der Waals surface area contributed by atoms with Crippen LogP contribution in [0.4, 0.5) is 20.4 Å². The van der Waals surface area contributed by atoms with Gasteiger partial charge >= 0.3 is 0 Å². The second kappa shape index (κ2) is 10.1. The smallest absolute Gasteiger partial charge is 0.264 e. The first-order valence-electron chi connectivity index (χ1n) is 11.8. The van der Waals surface area contributed by atoms with Crippen molar-refractivity contribution in [3.05, 3.63) is 82.5 Å². The van der Waals surface area contributed by atoms with Crippen molar-refractivity contribution in [2.75, 3.05) is 24.6 Å². The number of hydrogen-bond acceptors (Lipinski definition) is 7. The van der Waals surface area contributed by atoms with Gasteiger partial charge in [0.1, 0.15) is 16.5 Å². The third kappa shape index (κ3) is 5.01. The molecule has 0 saturated carbocycles. The number of benzene rings is 3. The van der Waals surface area contributed by atoms with Gasteiger partial charge in [-0.15, -0.1) is 0 Å². The van der Waals surface area contributed by atoms with Crippen LogP contribution in [0.5, 0.6) is 0 Å². The van der Waals surface area contributed by atoms with E-state index in [1.807, 2.05) is 0 Å². The summed E-state index contributed by atoms with van der Waals surface area (Å²) in [6.07, 6.45) is 0.979. The fraction of sp³-hybridized carbons (Fsp3) is 0.154. The van der Waals surface area contributed by atoms with Crippen molar-refractivity contribution in [2.24, 2.45) is 0 Å². The summed E-state index contributed by atoms with van der Waals surface area (Å²) in [5.74, 6) is -2.19. The summed E-state index contributed by atoms with van der Waals surface area (Å²) in [6.45, 7) is 0. The number of nitrogens with zero attached hydrogens (tertiary/aromatic N) is 3. The van der Waals surface area contributed by atoms with Gasteiger partial charge in [0.15, 0.2) is 0 Å². The Morgan fingerprint density at radius 3 is 2.42 bits per heavy atom. The largest absolute Gasteiger partial charge is 0.368 e. The third-order valence-corrected chi connectivity index (χ3v) is 9.93. The average molecular weight is 606 g/mol. The number of sulfonamides is 2. The summed E-state index contributed by atoms with van der Waals surface area (Å²) in [6, 6.07) is 11.4. The first-order chi connectivity index (χ1) is 18.8. The predicted molar refractivity (Wildman–Crippen MR) is 148 cm³/mol. The number of fused-ring (bicyclic) bond motifs is 3. The normalized spacial score (nSPS) is 13.2. The summed E-state index contributed by atoms with van der Waals surface area (Å²) in [5, 5.41) is 0.0604. The van der Waals surface area contributed by atoms with Crippen LogP contribution in [-0.4, -0.2) is 45.2 Å². The number of hydrogen-bond donors (Lipinski definition) is 2. The summed E-state index contributed by atoms with van der Waals surface area (Å²) >= 11 is 6.43. The minimum Gasteiger partial charge on any atom is -0.368 e. The first kappa shape index (κ1) is 27.9. The molecule has 5 rings (SSSR count). The third-order valence-electron chi connectivity index (χ3n) is 6.41. The van der Waals surface area contributed by atoms with Gasteiger partial charge in [0.05, 0.1) is 27.0 Å². The zero-order chi connectivity index (χ0) is 29.0. The van der Waals surface area contributed by atoms with Crippen molar-refractivity contribution in [1.29, 1.82) is 0 Å². The van der Waals surface area contributed by atoms with E-state index in [1.54, 1.807) is 18.2 Å². The molecule has 0 atom stereocenters. The standard InChI is InChI=1S/C26H22ClF2N5O4S2/c1-34(2)40(37,38)17-5-3-4-15(10-17)25-24-18-13-22(33-39(35,36)23-9-7-16(28)12-20(23)29)19(27)11-14(18)6-8-21(24)31-26(30)32-25/h3-5,7,9-13,33H,6,8H2,1-2H3,(H2,30,31,32). The molecule has 3 N–H and O–H groups in total. The van der Waals surface area contributed by atoms with Crippen LogP contribution in [0, 0.1) is 11.6 Å². The molecule has 0 saturated heterocycles. The Bertz CT molecular complexity index is 1900. The van der Waals surface area contributed by atoms with Crippen LogP contribution in [0.2, 0.25) is 5.02 Å². The molecule has 0 aliphatic heterocycles. The number of halogens is 3. The van der Waals surface area contributed by atoms with E-state index in [0.717, 1.165) is 22.0 Å². The lowest BCUT2D eigenvalue weighted by molar-refractivity contribution is 0.520. The fourth-order valence-corrected chi connectivity index (χ4v) is 6.86. The molecule has 9 nitrogen and oxygen atoms in total. The number of nitrogen functional groups attached to an aromatic ring is 1. The first-order valence-corrected chi connectivity index (χ1v) is 15.1. The van der Waals surface area contributed by atoms with Gasteiger partial charge in [0, 0.05) is 31.3 Å². The van der Waals surface area contributed by atoms with E-state index < -0.39 is 36.6 Å². The molecule has 40 heavy (non-hydrogen) atoms.